The molecule has 0 bridgehead atoms. The number of nitrogens with one attached hydrogen (secondary N) is 1. The molecule has 168 valence electrons. The number of carbonyl (C=O) groups excluding carboxylic acids is 1. The molecule has 0 radical (unpaired) electrons. The Balaban J connectivity index is 1.89. The van der Waals surface area contributed by atoms with Crippen molar-refractivity contribution in [3.63, 3.8) is 0 Å². The Morgan fingerprint density at radius 1 is 0.879 bits per heavy atom. The lowest BCUT2D eigenvalue weighted by molar-refractivity contribution is 0.104. The number of anilines is 3. The molecule has 0 spiro atoms. The number of sulfone groups is 1. The average molecular weight is 477 g/mol. The van der Waals surface area contributed by atoms with Crippen LogP contribution in [0.5, 0.6) is 0 Å². The van der Waals surface area contributed by atoms with E-state index in [1.807, 2.05) is 45.0 Å². The quantitative estimate of drug-likeness (QED) is 0.330. The SMILES string of the molecule is Cc1ccc(S(=O)(=O)c2c(Nc3ccc(C)c(C)c3)sc(C(=O)c3ccccc3)c2N)cc1. The van der Waals surface area contributed by atoms with Crippen LogP contribution in [0.1, 0.15) is 31.9 Å². The second kappa shape index (κ2) is 8.84. The van der Waals surface area contributed by atoms with E-state index in [4.69, 9.17) is 5.73 Å². The van der Waals surface area contributed by atoms with Gasteiger partial charge < -0.3 is 11.1 Å². The lowest BCUT2D eigenvalue weighted by Crippen LogP contribution is -2.08. The highest BCUT2D eigenvalue weighted by atomic mass is 32.2. The molecule has 0 aliphatic carbocycles. The molecule has 5 nitrogen and oxygen atoms in total. The van der Waals surface area contributed by atoms with Crippen molar-refractivity contribution < 1.29 is 13.2 Å². The topological polar surface area (TPSA) is 89.3 Å². The minimum absolute atomic E-state index is 0.0410. The Kier molecular flexibility index (Phi) is 6.10. The number of hydrogen-bond donors (Lipinski definition) is 2. The molecule has 7 heteroatoms. The van der Waals surface area contributed by atoms with Crippen molar-refractivity contribution in [3.8, 4) is 0 Å². The summed E-state index contributed by atoms with van der Waals surface area (Å²) in [5, 5.41) is 3.52. The van der Waals surface area contributed by atoms with Crippen molar-refractivity contribution >= 4 is 43.3 Å². The third kappa shape index (κ3) is 4.42. The van der Waals surface area contributed by atoms with E-state index < -0.39 is 9.84 Å². The number of aryl methyl sites for hydroxylation is 3. The number of benzene rings is 3. The smallest absolute Gasteiger partial charge is 0.211 e. The first-order chi connectivity index (χ1) is 15.7. The monoisotopic (exact) mass is 476 g/mol. The van der Waals surface area contributed by atoms with Gasteiger partial charge in [0.25, 0.3) is 0 Å². The Labute approximate surface area is 197 Å². The molecule has 3 N–H and O–H groups in total. The summed E-state index contributed by atoms with van der Waals surface area (Å²) >= 11 is 1.05. The molecule has 0 aliphatic heterocycles. The molecule has 4 aromatic rings. The molecule has 1 heterocycles. The van der Waals surface area contributed by atoms with E-state index in [2.05, 4.69) is 5.32 Å². The van der Waals surface area contributed by atoms with Crippen molar-refractivity contribution in [1.82, 2.24) is 0 Å². The van der Waals surface area contributed by atoms with Crippen LogP contribution in [-0.2, 0) is 9.84 Å². The second-order valence-corrected chi connectivity index (χ2v) is 10.8. The van der Waals surface area contributed by atoms with E-state index in [0.717, 1.165) is 33.7 Å². The maximum Gasteiger partial charge on any atom is 0.211 e. The Morgan fingerprint density at radius 3 is 2.18 bits per heavy atom. The van der Waals surface area contributed by atoms with Gasteiger partial charge in [-0.05, 0) is 56.2 Å². The highest BCUT2D eigenvalue weighted by Crippen LogP contribution is 2.44. The number of carbonyl (C=O) groups is 1. The second-order valence-electron chi connectivity index (χ2n) is 7.94. The fourth-order valence-electron chi connectivity index (χ4n) is 3.45. The Hall–Kier alpha value is -3.42. The third-order valence-corrected chi connectivity index (χ3v) is 8.61. The molecule has 0 aliphatic rings. The van der Waals surface area contributed by atoms with E-state index in [1.165, 1.54) is 0 Å². The molecule has 3 aromatic carbocycles. The van der Waals surface area contributed by atoms with Crippen LogP contribution in [0.15, 0.2) is 82.6 Å². The molecular formula is C26H24N2O3S2. The molecule has 0 atom stereocenters. The van der Waals surface area contributed by atoms with Crippen LogP contribution in [0.2, 0.25) is 0 Å². The number of rotatable bonds is 6. The van der Waals surface area contributed by atoms with Crippen molar-refractivity contribution in [2.75, 3.05) is 11.1 Å². The maximum atomic E-state index is 13.6. The van der Waals surface area contributed by atoms with Crippen molar-refractivity contribution in [3.05, 3.63) is 99.9 Å². The van der Waals surface area contributed by atoms with Gasteiger partial charge in [0.15, 0.2) is 0 Å². The molecule has 0 unspecified atom stereocenters. The van der Waals surface area contributed by atoms with Gasteiger partial charge >= 0.3 is 0 Å². The first kappa shape index (κ1) is 22.8. The summed E-state index contributed by atoms with van der Waals surface area (Å²) in [7, 11) is -3.98. The molecule has 4 rings (SSSR count). The fraction of sp³-hybridized carbons (Fsp3) is 0.115. The van der Waals surface area contributed by atoms with E-state index in [-0.39, 0.29) is 26.1 Å². The van der Waals surface area contributed by atoms with Gasteiger partial charge in [-0.2, -0.15) is 0 Å². The van der Waals surface area contributed by atoms with Gasteiger partial charge in [0, 0.05) is 11.3 Å². The van der Waals surface area contributed by atoms with Gasteiger partial charge in [0.05, 0.1) is 10.6 Å². The number of nitrogen functional groups attached to an aromatic ring is 1. The molecule has 0 fully saturated rings. The number of hydrogen-bond acceptors (Lipinski definition) is 6. The van der Waals surface area contributed by atoms with E-state index in [1.54, 1.807) is 48.5 Å². The van der Waals surface area contributed by atoms with Crippen LogP contribution in [0.4, 0.5) is 16.4 Å². The first-order valence-corrected chi connectivity index (χ1v) is 12.7. The zero-order valence-corrected chi connectivity index (χ0v) is 20.2. The molecule has 0 amide bonds. The van der Waals surface area contributed by atoms with Gasteiger partial charge in [-0.1, -0.05) is 54.1 Å². The summed E-state index contributed by atoms with van der Waals surface area (Å²) in [4.78, 5) is 13.4. The van der Waals surface area contributed by atoms with Crippen LogP contribution in [0.3, 0.4) is 0 Å². The molecule has 1 aromatic heterocycles. The van der Waals surface area contributed by atoms with Crippen molar-refractivity contribution in [2.45, 2.75) is 30.6 Å². The molecular weight excluding hydrogens is 452 g/mol. The average Bonchev–Trinajstić information content (AvgIpc) is 3.13. The highest BCUT2D eigenvalue weighted by molar-refractivity contribution is 7.92. The van der Waals surface area contributed by atoms with Crippen LogP contribution < -0.4 is 11.1 Å². The van der Waals surface area contributed by atoms with Gasteiger partial charge in [-0.3, -0.25) is 4.79 Å². The lowest BCUT2D eigenvalue weighted by Gasteiger charge is -2.11. The van der Waals surface area contributed by atoms with Crippen LogP contribution >= 0.6 is 11.3 Å². The zero-order chi connectivity index (χ0) is 23.8. The van der Waals surface area contributed by atoms with Gasteiger partial charge in [-0.25, -0.2) is 8.42 Å². The summed E-state index contributed by atoms with van der Waals surface area (Å²) in [6.07, 6.45) is 0. The van der Waals surface area contributed by atoms with Gasteiger partial charge in [-0.15, -0.1) is 11.3 Å². The van der Waals surface area contributed by atoms with Gasteiger partial charge in [0.1, 0.15) is 14.8 Å². The Morgan fingerprint density at radius 2 is 1.55 bits per heavy atom. The van der Waals surface area contributed by atoms with Crippen molar-refractivity contribution in [2.24, 2.45) is 0 Å². The van der Waals surface area contributed by atoms with Crippen LogP contribution in [0, 0.1) is 20.8 Å². The van der Waals surface area contributed by atoms with E-state index in [9.17, 15) is 13.2 Å². The highest BCUT2D eigenvalue weighted by Gasteiger charge is 2.31. The predicted molar refractivity (Wildman–Crippen MR) is 134 cm³/mol. The molecule has 0 saturated carbocycles. The normalized spacial score (nSPS) is 11.4. The summed E-state index contributed by atoms with van der Waals surface area (Å²) in [5.41, 5.74) is 10.6. The van der Waals surface area contributed by atoms with Gasteiger partial charge in [0.2, 0.25) is 15.6 Å². The standard InChI is InChI=1S/C26H24N2O3S2/c1-16-9-13-21(14-10-16)33(30,31)25-22(27)24(23(29)19-7-5-4-6-8-19)32-26(25)28-20-12-11-17(2)18(3)15-20/h4-15,28H,27H2,1-3H3. The predicted octanol–water partition coefficient (Wildman–Crippen LogP) is 6.06. The van der Waals surface area contributed by atoms with Crippen LogP contribution in [0.25, 0.3) is 0 Å². The number of ketones is 1. The van der Waals surface area contributed by atoms with E-state index >= 15 is 0 Å². The summed E-state index contributed by atoms with van der Waals surface area (Å²) in [6.45, 7) is 5.88. The Bertz CT molecular complexity index is 1440. The largest absolute Gasteiger partial charge is 0.396 e. The number of nitrogens with two attached hydrogens (primary N) is 1. The zero-order valence-electron chi connectivity index (χ0n) is 18.5. The lowest BCUT2D eigenvalue weighted by atomic mass is 10.1. The summed E-state index contributed by atoms with van der Waals surface area (Å²) in [6, 6.07) is 21.1. The third-order valence-electron chi connectivity index (χ3n) is 5.51. The fourth-order valence-corrected chi connectivity index (χ4v) is 6.39. The van der Waals surface area contributed by atoms with Crippen LogP contribution in [-0.4, -0.2) is 14.2 Å². The van der Waals surface area contributed by atoms with E-state index in [0.29, 0.717) is 10.6 Å². The molecule has 33 heavy (non-hydrogen) atoms. The summed E-state index contributed by atoms with van der Waals surface area (Å²) < 4.78 is 27.3. The maximum absolute atomic E-state index is 13.6. The number of thiophene rings is 1. The first-order valence-electron chi connectivity index (χ1n) is 10.4. The minimum Gasteiger partial charge on any atom is -0.396 e. The minimum atomic E-state index is -3.98. The molecule has 0 saturated heterocycles. The summed E-state index contributed by atoms with van der Waals surface area (Å²) in [5.74, 6) is -0.313. The van der Waals surface area contributed by atoms with Crippen molar-refractivity contribution in [1.29, 1.82) is 0 Å².